The third-order valence-corrected chi connectivity index (χ3v) is 51.1. The summed E-state index contributed by atoms with van der Waals surface area (Å²) in [6.07, 6.45) is 7.02. The number of alkyl halides is 1. The predicted octanol–water partition coefficient (Wildman–Crippen LogP) is 20.0. The van der Waals surface area contributed by atoms with E-state index in [0.29, 0.717) is 79.6 Å². The van der Waals surface area contributed by atoms with Gasteiger partial charge in [0.15, 0.2) is 57.3 Å². The van der Waals surface area contributed by atoms with E-state index in [2.05, 4.69) is 74.8 Å². The molecule has 0 saturated heterocycles. The number of nitrogens with one attached hydrogen (secondary N) is 1. The molecule has 0 aliphatic rings. The molecular weight excluding hydrogens is 2300 g/mol. The first-order valence-electron chi connectivity index (χ1n) is 42.8. The van der Waals surface area contributed by atoms with Gasteiger partial charge in [0.2, 0.25) is 10.0 Å². The van der Waals surface area contributed by atoms with Crippen LogP contribution in [0.4, 0.5) is 39.5 Å². The maximum atomic E-state index is 14.1. The summed E-state index contributed by atoms with van der Waals surface area (Å²) in [6, 6.07) is 11.9. The fourth-order valence-corrected chi connectivity index (χ4v) is 34.6. The third kappa shape index (κ3) is 57.9. The Morgan fingerprint density at radius 2 is 0.852 bits per heavy atom. The summed E-state index contributed by atoms with van der Waals surface area (Å²) in [7, 11) is 11.1. The topological polar surface area (TPSA) is 349 Å². The number of hydrogen-bond donors (Lipinski definition) is 4. The second-order valence-electron chi connectivity index (χ2n) is 35.6. The predicted molar refractivity (Wildman–Crippen MR) is 571 cm³/mol. The van der Waals surface area contributed by atoms with Crippen molar-refractivity contribution in [2.24, 2.45) is 9.17 Å². The van der Waals surface area contributed by atoms with Gasteiger partial charge in [-0.05, 0) is 193 Å². The van der Waals surface area contributed by atoms with Gasteiger partial charge < -0.3 is 43.8 Å². The number of aliphatic hydroxyl groups is 1. The Morgan fingerprint density at radius 1 is 0.507 bits per heavy atom. The number of ether oxygens (including phenoxy) is 1. The van der Waals surface area contributed by atoms with Crippen molar-refractivity contribution in [3.63, 3.8) is 0 Å². The number of hydroxylamine groups is 3. The van der Waals surface area contributed by atoms with Gasteiger partial charge in [-0.2, -0.15) is 13.1 Å². The zero-order valence-electron chi connectivity index (χ0n) is 85.0. The summed E-state index contributed by atoms with van der Waals surface area (Å²) in [4.78, 5) is 34.7. The fourth-order valence-electron chi connectivity index (χ4n) is 10.2. The van der Waals surface area contributed by atoms with E-state index in [-0.39, 0.29) is 72.2 Å². The number of aliphatic hydroxyl groups excluding tert-OH is 1. The minimum Gasteiger partial charge on any atom is -0.768 e. The van der Waals surface area contributed by atoms with Gasteiger partial charge in [0.1, 0.15) is 72.6 Å². The molecule has 0 aliphatic carbocycles. The molecule has 0 radical (unpaired) electrons. The van der Waals surface area contributed by atoms with Crippen LogP contribution in [-0.4, -0.2) is 237 Å². The van der Waals surface area contributed by atoms with Gasteiger partial charge in [-0.25, -0.2) is 92.3 Å². The Kier molecular flexibility index (Phi) is 67.0. The van der Waals surface area contributed by atoms with Crippen LogP contribution in [0.3, 0.4) is 0 Å². The van der Waals surface area contributed by atoms with Crippen LogP contribution in [0.25, 0.3) is 0 Å². The van der Waals surface area contributed by atoms with E-state index in [1.807, 2.05) is 161 Å². The summed E-state index contributed by atoms with van der Waals surface area (Å²) in [5.74, 6) is -4.79. The second kappa shape index (κ2) is 67.2. The Balaban J connectivity index is 0. The molecule has 9 aromatic heterocycles. The Hall–Kier alpha value is -2.43. The molecule has 810 valence electrons. The normalized spacial score (nSPS) is 12.6. The van der Waals surface area contributed by atoms with E-state index >= 15 is 0 Å². The van der Waals surface area contributed by atoms with Crippen LogP contribution >= 0.6 is 139 Å². The van der Waals surface area contributed by atoms with Crippen molar-refractivity contribution < 1.29 is 138 Å². The second-order valence-corrected chi connectivity index (χ2v) is 67.9. The molecule has 2 unspecified atom stereocenters. The summed E-state index contributed by atoms with van der Waals surface area (Å²) in [5.41, 5.74) is 0. The van der Waals surface area contributed by atoms with Crippen molar-refractivity contribution >= 4 is 221 Å². The van der Waals surface area contributed by atoms with Gasteiger partial charge in [-0.1, -0.05) is 111 Å². The maximum absolute atomic E-state index is 14.1. The number of nitrogens with zero attached hydrogens (tertiary/aromatic N) is 8. The molecule has 0 saturated carbocycles. The Morgan fingerprint density at radius 3 is 1.15 bits per heavy atom. The Bertz CT molecular complexity index is 5720. The molecule has 27 nitrogen and oxygen atoms in total. The van der Waals surface area contributed by atoms with E-state index < -0.39 is 125 Å². The number of carbonyl (C=O) groups is 1. The van der Waals surface area contributed by atoms with Crippen LogP contribution in [0.5, 0.6) is 0 Å². The number of quaternary nitrogens is 1. The minimum absolute atomic E-state index is 0. The number of halogens is 12. The number of nitrogens with two attached hydrogens (primary N) is 1. The fraction of sp³-hybridized carbons (Fsp3) is 0.565. The SMILES string of the molecule is CCCCO[N+](CCCC)(CCCC)CCCOS(=O)(=O)O.CN(C)Cc1cc(F)c(S(=O)(=O)Cl)s1.CN(C)Cc1cc(F)c(S(=O)(=O)N[Si](C)(C)C(C)(C)C)s1.CN(C)Cc1cc(F)c(S(=O)(Cl)=N[Si](C)(C)C(C)(C)C)s1.CN(C)Cc1cc(F)c(S(=O)[O-])s1.CN(C)Cc1cc(F)c(S(N)(=O)=O)s1.CN(C)Cc1cc(F)cs1.COC(=O)c1cc(F)cs1.Fc1csc(CBr)c1.OCc1cc(F)cs1.[Li+]. The zero-order chi connectivity index (χ0) is 109. The van der Waals surface area contributed by atoms with E-state index in [9.17, 15) is 91.0 Å². The number of methoxy groups -OCH3 is 1. The number of unbranched alkanes of at least 4 members (excludes halogenated alkanes) is 3. The number of hydrogen-bond acceptors (Lipinski definition) is 32. The summed E-state index contributed by atoms with van der Waals surface area (Å²) in [5, 5.41) is 19.4. The molecule has 9 aromatic rings. The molecule has 5 N–H and O–H groups in total. The smallest absolute Gasteiger partial charge is 0.768 e. The standard InChI is InChI=1S/C15H33NO5S.C13H24ClFN2OS2Si.C13H25FN2O2S2Si.C7H9ClFNO2S2.C7H11FN2O2S2.C7H10FNO2S2.C7H10FNS.C6H5FO2S.C5H4BrFS.C5H5FOS.Li/c1-4-7-11-16(12-8-5-2,20-14-9-6-3)13-10-15-21-22(17,18)19;1-13(2,3)21(6,7)16-20(14,18)12-11(15)8-10(19-12)9-17(4)5;1-13(2,3)21(6,7)15-20(17,18)12-11(14)8-10(19-12)9-16(4)5;1-10(2)4-5-3-6(9)7(13-5)14(8,11)12;1-10(2)4-5-3-6(8)7(13-5)14(9,11)12;1-9(2)4-5-3-6(8)7(12-5)13(10)11;1-9(2)4-7-3-6(8)5-10-7;1-9-6(8)5-2-4(7)3-10-5;6-2-5-1-4(7)3-8-5;6-4-1-5(2-7)8-3-4;/h4-15H2,1-3H3;8H,9H2,1-7H3;8,15H,9H2,1-7H3;3H,4H2,1-2H3;3H,4H2,1-2H3,(H2,9,11,12);3H,4H2,1-2H3,(H,10,11);3,5H,4H2,1-2H3;2-3H,1H3;1,3H,2H2;1,3,7H,2H2;/q;;;;;;;;;;+1. The molecule has 0 aliphatic heterocycles. The number of thiophene rings is 9. The largest absolute Gasteiger partial charge is 1.00 e. The molecule has 57 heteroatoms. The molecule has 0 bridgehead atoms. The molecule has 142 heavy (non-hydrogen) atoms. The van der Waals surface area contributed by atoms with E-state index in [1.54, 1.807) is 6.07 Å². The quantitative estimate of drug-likeness (QED) is 0.00267. The van der Waals surface area contributed by atoms with Gasteiger partial charge in [-0.3, -0.25) is 12.8 Å². The van der Waals surface area contributed by atoms with Crippen molar-refractivity contribution in [2.45, 2.75) is 216 Å². The number of carbonyl (C=O) groups excluding carboxylic acids is 1. The summed E-state index contributed by atoms with van der Waals surface area (Å²) in [6.45, 7) is 33.2. The molecule has 9 rings (SSSR count). The van der Waals surface area contributed by atoms with Crippen molar-refractivity contribution in [3.05, 3.63) is 172 Å². The van der Waals surface area contributed by atoms with Gasteiger partial charge in [-0.15, -0.1) is 102 Å². The third-order valence-electron chi connectivity index (χ3n) is 18.7. The summed E-state index contributed by atoms with van der Waals surface area (Å²) >= 11 is 10.7. The van der Waals surface area contributed by atoms with Crippen molar-refractivity contribution in [1.29, 1.82) is 0 Å². The van der Waals surface area contributed by atoms with Crippen LogP contribution in [0.1, 0.15) is 156 Å². The number of sulfonamides is 2. The van der Waals surface area contributed by atoms with E-state index in [1.165, 1.54) is 105 Å². The first kappa shape index (κ1) is 142. The van der Waals surface area contributed by atoms with E-state index in [4.69, 9.17) is 41.0 Å². The van der Waals surface area contributed by atoms with Crippen LogP contribution < -0.4 is 28.4 Å². The monoisotopic (exact) mass is 2430 g/mol. The molecule has 9 heterocycles. The van der Waals surface area contributed by atoms with Gasteiger partial charge >= 0.3 is 35.2 Å². The number of primary sulfonamides is 1. The zero-order valence-corrected chi connectivity index (χ0v) is 102. The molecule has 0 amide bonds. The molecule has 0 fully saturated rings. The molecule has 2 atom stereocenters. The molecule has 0 spiro atoms. The average molecular weight is 2440 g/mol. The first-order valence-corrected chi connectivity index (χ1v) is 67.6. The first-order chi connectivity index (χ1) is 64.6. The maximum Gasteiger partial charge on any atom is 1.00 e. The van der Waals surface area contributed by atoms with Crippen LogP contribution in [0.15, 0.2) is 101 Å². The Labute approximate surface area is 905 Å². The average Bonchev–Trinajstić information content (AvgIpc) is 1.45. The molecular formula is C85H136BrCl2F9LiN10O17S15Si2+. The minimum atomic E-state index is -4.34. The number of rotatable bonds is 38. The van der Waals surface area contributed by atoms with Gasteiger partial charge in [0.25, 0.3) is 19.1 Å². The van der Waals surface area contributed by atoms with Crippen LogP contribution in [0, 0.1) is 52.4 Å². The van der Waals surface area contributed by atoms with Crippen LogP contribution in [-0.2, 0) is 124 Å². The van der Waals surface area contributed by atoms with Gasteiger partial charge in [0.05, 0.1) is 20.3 Å². The van der Waals surface area contributed by atoms with Crippen molar-refractivity contribution in [3.8, 4) is 0 Å². The summed E-state index contributed by atoms with van der Waals surface area (Å²) < 4.78 is 263. The van der Waals surface area contributed by atoms with Crippen molar-refractivity contribution in [2.75, 3.05) is 125 Å². The number of esters is 1. The van der Waals surface area contributed by atoms with Crippen LogP contribution in [0.2, 0.25) is 36.3 Å². The van der Waals surface area contributed by atoms with Gasteiger partial charge in [0, 0.05) is 133 Å². The molecule has 0 aromatic carbocycles. The van der Waals surface area contributed by atoms with Crippen molar-refractivity contribution in [1.82, 2.24) is 33.8 Å². The van der Waals surface area contributed by atoms with E-state index in [0.717, 1.165) is 159 Å².